The molecule has 172 valence electrons. The number of benzene rings is 1. The fourth-order valence-corrected chi connectivity index (χ4v) is 4.81. The molecule has 1 unspecified atom stereocenters. The van der Waals surface area contributed by atoms with Gasteiger partial charge in [0.25, 0.3) is 0 Å². The van der Waals surface area contributed by atoms with Crippen molar-refractivity contribution < 1.29 is 4.79 Å². The van der Waals surface area contributed by atoms with Gasteiger partial charge < -0.3 is 10.6 Å². The minimum atomic E-state index is 0.126. The zero-order valence-corrected chi connectivity index (χ0v) is 20.9. The maximum atomic E-state index is 13.0. The number of halogens is 1. The van der Waals surface area contributed by atoms with Crippen molar-refractivity contribution in [2.45, 2.75) is 51.6 Å². The van der Waals surface area contributed by atoms with Crippen molar-refractivity contribution in [3.63, 3.8) is 0 Å². The van der Waals surface area contributed by atoms with Crippen LogP contribution in [0.25, 0.3) is 10.9 Å². The van der Waals surface area contributed by atoms with Crippen LogP contribution in [0.3, 0.4) is 0 Å². The van der Waals surface area contributed by atoms with Crippen LogP contribution in [-0.4, -0.2) is 45.3 Å². The van der Waals surface area contributed by atoms with Gasteiger partial charge in [-0.05, 0) is 70.4 Å². The Morgan fingerprint density at radius 2 is 1.91 bits per heavy atom. The molecule has 1 aliphatic heterocycles. The highest BCUT2D eigenvalue weighted by Crippen LogP contribution is 2.38. The van der Waals surface area contributed by atoms with Crippen LogP contribution in [0.15, 0.2) is 47.2 Å². The Labute approximate surface area is 203 Å². The zero-order chi connectivity index (χ0) is 23.2. The predicted octanol–water partition coefficient (Wildman–Crippen LogP) is 6.01. The predicted molar refractivity (Wildman–Crippen MR) is 137 cm³/mol. The van der Waals surface area contributed by atoms with Crippen molar-refractivity contribution in [2.75, 3.05) is 23.7 Å². The van der Waals surface area contributed by atoms with Gasteiger partial charge in [0, 0.05) is 46.6 Å². The first-order chi connectivity index (χ1) is 15.8. The number of carbonyl (C=O) groups is 1. The van der Waals surface area contributed by atoms with Crippen LogP contribution in [0.2, 0.25) is 0 Å². The first kappa shape index (κ1) is 22.3. The summed E-state index contributed by atoms with van der Waals surface area (Å²) in [5.41, 5.74) is 3.34. The third kappa shape index (κ3) is 4.89. The van der Waals surface area contributed by atoms with Crippen molar-refractivity contribution in [2.24, 2.45) is 5.92 Å². The number of ketones is 1. The lowest BCUT2D eigenvalue weighted by Gasteiger charge is -2.31. The Bertz CT molecular complexity index is 1180. The second-order valence-electron chi connectivity index (χ2n) is 10.2. The smallest absolute Gasteiger partial charge is 0.169 e. The van der Waals surface area contributed by atoms with Crippen LogP contribution < -0.4 is 10.6 Å². The molecule has 0 amide bonds. The molecule has 1 aliphatic carbocycles. The number of likely N-dealkylation sites (tertiary alicyclic amines) is 1. The molecule has 33 heavy (non-hydrogen) atoms. The van der Waals surface area contributed by atoms with Crippen LogP contribution in [0.4, 0.5) is 17.2 Å². The van der Waals surface area contributed by atoms with E-state index in [-0.39, 0.29) is 17.2 Å². The van der Waals surface area contributed by atoms with Gasteiger partial charge in [-0.2, -0.15) is 0 Å². The summed E-state index contributed by atoms with van der Waals surface area (Å²) in [6.07, 6.45) is 6.58. The second kappa shape index (κ2) is 8.69. The number of rotatable bonds is 6. The first-order valence-electron chi connectivity index (χ1n) is 11.6. The van der Waals surface area contributed by atoms with Gasteiger partial charge in [-0.15, -0.1) is 0 Å². The van der Waals surface area contributed by atoms with E-state index in [9.17, 15) is 4.79 Å². The van der Waals surface area contributed by atoms with Crippen LogP contribution in [0, 0.1) is 5.92 Å². The summed E-state index contributed by atoms with van der Waals surface area (Å²) < 4.78 is 0.953. The molecule has 2 fully saturated rings. The molecule has 1 saturated heterocycles. The minimum Gasteiger partial charge on any atom is -0.366 e. The number of hydrogen-bond acceptors (Lipinski definition) is 6. The molecule has 7 heteroatoms. The van der Waals surface area contributed by atoms with Crippen molar-refractivity contribution in [3.05, 3.63) is 52.8 Å². The lowest BCUT2D eigenvalue weighted by molar-refractivity contribution is 0.0968. The standard InChI is InChI=1S/C26H30BrN5O/c1-26(2,3)32-11-10-19(15-32)30-23-9-7-18(13-29-23)31-24-20-12-17(27)6-8-22(20)28-14-21(24)25(33)16-4-5-16/h6-9,12-14,16,19H,4-5,10-11,15H2,1-3H3,(H,28,31)(H,29,30). The lowest BCUT2D eigenvalue weighted by atomic mass is 10.0. The van der Waals surface area contributed by atoms with E-state index in [4.69, 9.17) is 0 Å². The van der Waals surface area contributed by atoms with Crippen LogP contribution in [0.5, 0.6) is 0 Å². The normalized spacial score (nSPS) is 19.1. The summed E-state index contributed by atoms with van der Waals surface area (Å²) in [5, 5.41) is 7.97. The van der Waals surface area contributed by atoms with Crippen LogP contribution in [0.1, 0.15) is 50.4 Å². The van der Waals surface area contributed by atoms with E-state index in [1.807, 2.05) is 36.5 Å². The van der Waals surface area contributed by atoms with Crippen LogP contribution >= 0.6 is 15.9 Å². The van der Waals surface area contributed by atoms with E-state index in [1.54, 1.807) is 6.20 Å². The van der Waals surface area contributed by atoms with Gasteiger partial charge in [0.15, 0.2) is 5.78 Å². The molecule has 2 aromatic heterocycles. The maximum absolute atomic E-state index is 13.0. The highest BCUT2D eigenvalue weighted by molar-refractivity contribution is 9.10. The molecule has 3 aromatic rings. The number of Topliss-reactive ketones (excluding diaryl/α,β-unsaturated/α-hetero) is 1. The molecular formula is C26H30BrN5O. The topological polar surface area (TPSA) is 70.2 Å². The zero-order valence-electron chi connectivity index (χ0n) is 19.4. The average molecular weight is 508 g/mol. The summed E-state index contributed by atoms with van der Waals surface area (Å²) in [4.78, 5) is 24.7. The van der Waals surface area contributed by atoms with E-state index in [0.717, 1.165) is 64.9 Å². The number of pyridine rings is 2. The largest absolute Gasteiger partial charge is 0.366 e. The van der Waals surface area contributed by atoms with Gasteiger partial charge in [0.1, 0.15) is 5.82 Å². The van der Waals surface area contributed by atoms with Crippen molar-refractivity contribution in [3.8, 4) is 0 Å². The summed E-state index contributed by atoms with van der Waals surface area (Å²) in [6.45, 7) is 8.91. The Hall–Kier alpha value is -2.51. The molecule has 1 saturated carbocycles. The SMILES string of the molecule is CC(C)(C)N1CCC(Nc2ccc(Nc3c(C(=O)C4CC4)cnc4ccc(Br)cc34)cn2)C1. The molecule has 1 aromatic carbocycles. The number of carbonyl (C=O) groups excluding carboxylic acids is 1. The number of anilines is 3. The molecule has 0 radical (unpaired) electrons. The third-order valence-electron chi connectivity index (χ3n) is 6.57. The van der Waals surface area contributed by atoms with E-state index in [2.05, 4.69) is 62.2 Å². The van der Waals surface area contributed by atoms with E-state index in [0.29, 0.717) is 11.6 Å². The highest BCUT2D eigenvalue weighted by atomic mass is 79.9. The summed E-state index contributed by atoms with van der Waals surface area (Å²) in [6, 6.07) is 10.4. The van der Waals surface area contributed by atoms with E-state index >= 15 is 0 Å². The molecule has 2 aliphatic rings. The first-order valence-corrected chi connectivity index (χ1v) is 12.4. The monoisotopic (exact) mass is 507 g/mol. The van der Waals surface area contributed by atoms with Crippen molar-refractivity contribution in [1.29, 1.82) is 0 Å². The number of nitrogens with zero attached hydrogens (tertiary/aromatic N) is 3. The molecule has 3 heterocycles. The Kier molecular flexibility index (Phi) is 5.87. The number of fused-ring (bicyclic) bond motifs is 1. The Morgan fingerprint density at radius 1 is 1.09 bits per heavy atom. The lowest BCUT2D eigenvalue weighted by Crippen LogP contribution is -2.40. The number of hydrogen-bond donors (Lipinski definition) is 2. The van der Waals surface area contributed by atoms with Crippen molar-refractivity contribution >= 4 is 49.8 Å². The van der Waals surface area contributed by atoms with Gasteiger partial charge in [-0.1, -0.05) is 15.9 Å². The van der Waals surface area contributed by atoms with Gasteiger partial charge in [-0.3, -0.25) is 14.7 Å². The summed E-state index contributed by atoms with van der Waals surface area (Å²) >= 11 is 3.56. The third-order valence-corrected chi connectivity index (χ3v) is 7.06. The molecule has 6 nitrogen and oxygen atoms in total. The van der Waals surface area contributed by atoms with Gasteiger partial charge in [0.2, 0.25) is 0 Å². The fourth-order valence-electron chi connectivity index (χ4n) is 4.45. The molecule has 0 bridgehead atoms. The highest BCUT2D eigenvalue weighted by Gasteiger charge is 2.33. The van der Waals surface area contributed by atoms with Gasteiger partial charge in [-0.25, -0.2) is 4.98 Å². The number of aromatic nitrogens is 2. The van der Waals surface area contributed by atoms with Crippen LogP contribution in [-0.2, 0) is 0 Å². The van der Waals surface area contributed by atoms with Crippen molar-refractivity contribution in [1.82, 2.24) is 14.9 Å². The average Bonchev–Trinajstić information content (AvgIpc) is 3.52. The van der Waals surface area contributed by atoms with Gasteiger partial charge in [0.05, 0.1) is 28.7 Å². The second-order valence-corrected chi connectivity index (χ2v) is 11.1. The molecular weight excluding hydrogens is 478 g/mol. The molecule has 1 atom stereocenters. The summed E-state index contributed by atoms with van der Waals surface area (Å²) in [7, 11) is 0. The number of nitrogens with one attached hydrogen (secondary N) is 2. The maximum Gasteiger partial charge on any atom is 0.169 e. The Balaban J connectivity index is 1.37. The van der Waals surface area contributed by atoms with E-state index in [1.165, 1.54) is 0 Å². The molecule has 5 rings (SSSR count). The minimum absolute atomic E-state index is 0.126. The fraction of sp³-hybridized carbons (Fsp3) is 0.423. The Morgan fingerprint density at radius 3 is 2.58 bits per heavy atom. The van der Waals surface area contributed by atoms with E-state index < -0.39 is 0 Å². The van der Waals surface area contributed by atoms with Gasteiger partial charge >= 0.3 is 0 Å². The molecule has 2 N–H and O–H groups in total. The quantitative estimate of drug-likeness (QED) is 0.398. The summed E-state index contributed by atoms with van der Waals surface area (Å²) in [5.74, 6) is 1.17. The molecule has 0 spiro atoms.